The molecule has 1 saturated heterocycles. The fourth-order valence-electron chi connectivity index (χ4n) is 2.86. The number of benzene rings is 1. The fraction of sp³-hybridized carbons (Fsp3) is 0.562. The lowest BCUT2D eigenvalue weighted by Gasteiger charge is -2.36. The zero-order valence-corrected chi connectivity index (χ0v) is 12.2. The molecule has 0 radical (unpaired) electrons. The minimum atomic E-state index is -0.737. The van der Waals surface area contributed by atoms with Gasteiger partial charge in [0.1, 0.15) is 0 Å². The Balaban J connectivity index is 1.70. The molecule has 4 nitrogen and oxygen atoms in total. The van der Waals surface area contributed by atoms with Gasteiger partial charge in [-0.2, -0.15) is 0 Å². The number of nitrogens with zero attached hydrogens (tertiary/aromatic N) is 2. The lowest BCUT2D eigenvalue weighted by atomic mass is 10.0. The van der Waals surface area contributed by atoms with Crippen LogP contribution in [0.4, 0.5) is 0 Å². The molecule has 1 aromatic rings. The molecular formula is C16H24N2O2. The van der Waals surface area contributed by atoms with Crippen LogP contribution in [0.3, 0.4) is 0 Å². The second-order valence-electron chi connectivity index (χ2n) is 5.62. The van der Waals surface area contributed by atoms with Gasteiger partial charge in [-0.25, -0.2) is 0 Å². The Morgan fingerprint density at radius 3 is 2.55 bits per heavy atom. The fourth-order valence-corrected chi connectivity index (χ4v) is 2.86. The van der Waals surface area contributed by atoms with Crippen molar-refractivity contribution in [1.82, 2.24) is 9.80 Å². The van der Waals surface area contributed by atoms with Crippen molar-refractivity contribution in [3.63, 3.8) is 0 Å². The average molecular weight is 276 g/mol. The Morgan fingerprint density at radius 1 is 1.30 bits per heavy atom. The molecule has 1 heterocycles. The lowest BCUT2D eigenvalue weighted by Crippen LogP contribution is -2.45. The van der Waals surface area contributed by atoms with Crippen molar-refractivity contribution < 1.29 is 9.90 Å². The summed E-state index contributed by atoms with van der Waals surface area (Å²) < 4.78 is 0. The highest BCUT2D eigenvalue weighted by Crippen LogP contribution is 2.15. The molecule has 110 valence electrons. The molecule has 0 amide bonds. The molecular weight excluding hydrogens is 252 g/mol. The van der Waals surface area contributed by atoms with Gasteiger partial charge in [-0.3, -0.25) is 9.69 Å². The lowest BCUT2D eigenvalue weighted by molar-refractivity contribution is -0.138. The maximum absolute atomic E-state index is 10.7. The Morgan fingerprint density at radius 2 is 1.95 bits per heavy atom. The van der Waals surface area contributed by atoms with Crippen molar-refractivity contribution in [2.45, 2.75) is 25.3 Å². The van der Waals surface area contributed by atoms with Crippen LogP contribution in [0.1, 0.15) is 18.4 Å². The summed E-state index contributed by atoms with van der Waals surface area (Å²) in [5.41, 5.74) is 1.39. The van der Waals surface area contributed by atoms with Crippen LogP contribution in [-0.2, 0) is 11.2 Å². The number of carboxylic acid groups (broad SMARTS) is 1. The van der Waals surface area contributed by atoms with E-state index < -0.39 is 5.97 Å². The van der Waals surface area contributed by atoms with Gasteiger partial charge < -0.3 is 10.0 Å². The topological polar surface area (TPSA) is 43.8 Å². The second-order valence-corrected chi connectivity index (χ2v) is 5.62. The number of hydrogen-bond acceptors (Lipinski definition) is 3. The molecule has 0 atom stereocenters. The van der Waals surface area contributed by atoms with Crippen LogP contribution in [-0.4, -0.2) is 60.1 Å². The maximum Gasteiger partial charge on any atom is 0.317 e. The van der Waals surface area contributed by atoms with Gasteiger partial charge in [-0.15, -0.1) is 0 Å². The third-order valence-corrected chi connectivity index (χ3v) is 4.12. The molecule has 0 unspecified atom stereocenters. The van der Waals surface area contributed by atoms with Gasteiger partial charge in [0, 0.05) is 12.6 Å². The molecule has 0 saturated carbocycles. The minimum absolute atomic E-state index is 0.148. The van der Waals surface area contributed by atoms with E-state index in [2.05, 4.69) is 29.2 Å². The number of likely N-dealkylation sites (N-methyl/N-ethyl adjacent to an activating group) is 1. The smallest absolute Gasteiger partial charge is 0.317 e. The van der Waals surface area contributed by atoms with E-state index in [-0.39, 0.29) is 6.54 Å². The molecule has 20 heavy (non-hydrogen) atoms. The highest BCUT2D eigenvalue weighted by atomic mass is 16.4. The summed E-state index contributed by atoms with van der Waals surface area (Å²) in [6, 6.07) is 11.0. The average Bonchev–Trinajstić information content (AvgIpc) is 2.46. The van der Waals surface area contributed by atoms with Gasteiger partial charge in [-0.05, 0) is 45.0 Å². The molecule has 2 rings (SSSR count). The Kier molecular flexibility index (Phi) is 5.56. The number of piperidine rings is 1. The summed E-state index contributed by atoms with van der Waals surface area (Å²) in [7, 11) is 1.92. The molecule has 0 aromatic heterocycles. The monoisotopic (exact) mass is 276 g/mol. The summed E-state index contributed by atoms with van der Waals surface area (Å²) in [5, 5.41) is 8.82. The van der Waals surface area contributed by atoms with Gasteiger partial charge in [0.05, 0.1) is 6.54 Å². The van der Waals surface area contributed by atoms with Crippen molar-refractivity contribution in [3.8, 4) is 0 Å². The first kappa shape index (κ1) is 15.0. The van der Waals surface area contributed by atoms with E-state index in [1.807, 2.05) is 18.0 Å². The van der Waals surface area contributed by atoms with Crippen LogP contribution >= 0.6 is 0 Å². The molecule has 1 fully saturated rings. The van der Waals surface area contributed by atoms with Crippen LogP contribution in [0.15, 0.2) is 30.3 Å². The second kappa shape index (κ2) is 7.41. The predicted molar refractivity (Wildman–Crippen MR) is 79.9 cm³/mol. The van der Waals surface area contributed by atoms with Gasteiger partial charge in [0.15, 0.2) is 0 Å². The van der Waals surface area contributed by atoms with Crippen LogP contribution in [0.25, 0.3) is 0 Å². The standard InChI is InChI=1S/C16H24N2O2/c1-17(13-16(19)20)15-8-11-18(12-9-15)10-7-14-5-3-2-4-6-14/h2-6,15H,7-13H2,1H3,(H,19,20). The first-order valence-electron chi connectivity index (χ1n) is 7.33. The van der Waals surface area contributed by atoms with E-state index in [0.29, 0.717) is 6.04 Å². The number of aliphatic carboxylic acids is 1. The Bertz CT molecular complexity index is 414. The van der Waals surface area contributed by atoms with Gasteiger partial charge in [0.2, 0.25) is 0 Å². The maximum atomic E-state index is 10.7. The van der Waals surface area contributed by atoms with E-state index >= 15 is 0 Å². The van der Waals surface area contributed by atoms with Crippen molar-refractivity contribution in [2.24, 2.45) is 0 Å². The van der Waals surface area contributed by atoms with Gasteiger partial charge in [-0.1, -0.05) is 30.3 Å². The molecule has 0 aliphatic carbocycles. The minimum Gasteiger partial charge on any atom is -0.480 e. The van der Waals surface area contributed by atoms with E-state index in [9.17, 15) is 4.79 Å². The first-order valence-corrected chi connectivity index (χ1v) is 7.33. The van der Waals surface area contributed by atoms with Crippen molar-refractivity contribution >= 4 is 5.97 Å². The summed E-state index contributed by atoms with van der Waals surface area (Å²) in [4.78, 5) is 15.2. The molecule has 0 spiro atoms. The van der Waals surface area contributed by atoms with Crippen molar-refractivity contribution in [1.29, 1.82) is 0 Å². The van der Waals surface area contributed by atoms with E-state index in [0.717, 1.165) is 38.9 Å². The van der Waals surface area contributed by atoms with Crippen LogP contribution < -0.4 is 0 Å². The van der Waals surface area contributed by atoms with Gasteiger partial charge in [0.25, 0.3) is 0 Å². The largest absolute Gasteiger partial charge is 0.480 e. The quantitative estimate of drug-likeness (QED) is 0.859. The first-order chi connectivity index (χ1) is 9.65. The number of likely N-dealkylation sites (tertiary alicyclic amines) is 1. The highest BCUT2D eigenvalue weighted by molar-refractivity contribution is 5.69. The molecule has 1 N–H and O–H groups in total. The van der Waals surface area contributed by atoms with Crippen molar-refractivity contribution in [3.05, 3.63) is 35.9 Å². The Hall–Kier alpha value is -1.39. The van der Waals surface area contributed by atoms with Crippen LogP contribution in [0.5, 0.6) is 0 Å². The summed E-state index contributed by atoms with van der Waals surface area (Å²) in [6.07, 6.45) is 3.23. The van der Waals surface area contributed by atoms with Crippen LogP contribution in [0, 0.1) is 0 Å². The highest BCUT2D eigenvalue weighted by Gasteiger charge is 2.23. The van der Waals surface area contributed by atoms with E-state index in [1.54, 1.807) is 0 Å². The summed E-state index contributed by atoms with van der Waals surface area (Å²) in [6.45, 7) is 3.39. The third kappa shape index (κ3) is 4.62. The number of carbonyl (C=O) groups is 1. The van der Waals surface area contributed by atoms with E-state index in [1.165, 1.54) is 5.56 Å². The van der Waals surface area contributed by atoms with Crippen molar-refractivity contribution in [2.75, 3.05) is 33.2 Å². The van der Waals surface area contributed by atoms with Gasteiger partial charge >= 0.3 is 5.97 Å². The number of carboxylic acids is 1. The molecule has 1 aromatic carbocycles. The molecule has 1 aliphatic heterocycles. The van der Waals surface area contributed by atoms with E-state index in [4.69, 9.17) is 5.11 Å². The zero-order chi connectivity index (χ0) is 14.4. The number of hydrogen-bond donors (Lipinski definition) is 1. The molecule has 4 heteroatoms. The third-order valence-electron chi connectivity index (χ3n) is 4.12. The number of rotatable bonds is 6. The normalized spacial score (nSPS) is 17.5. The molecule has 0 bridgehead atoms. The SMILES string of the molecule is CN(CC(=O)O)C1CCN(CCc2ccccc2)CC1. The zero-order valence-electron chi connectivity index (χ0n) is 12.2. The summed E-state index contributed by atoms with van der Waals surface area (Å²) in [5.74, 6) is -0.737. The summed E-state index contributed by atoms with van der Waals surface area (Å²) >= 11 is 0. The Labute approximate surface area is 121 Å². The van der Waals surface area contributed by atoms with Crippen LogP contribution in [0.2, 0.25) is 0 Å². The molecule has 1 aliphatic rings. The predicted octanol–water partition coefficient (Wildman–Crippen LogP) is 1.71.